The molecule has 0 saturated carbocycles. The average molecular weight is 543 g/mol. The number of halogens is 1. The third-order valence-electron chi connectivity index (χ3n) is 6.87. The van der Waals surface area contributed by atoms with Crippen LogP contribution in [0.3, 0.4) is 0 Å². The molecule has 0 aromatic rings. The highest BCUT2D eigenvalue weighted by Crippen LogP contribution is 2.32. The third kappa shape index (κ3) is 14.3. The molecule has 0 spiro atoms. The van der Waals surface area contributed by atoms with Crippen LogP contribution in [-0.4, -0.2) is 69.6 Å². The molecule has 0 bridgehead atoms. The minimum atomic E-state index is -2.43. The lowest BCUT2D eigenvalue weighted by molar-refractivity contribution is 0.123. The molecule has 4 nitrogen and oxygen atoms in total. The van der Waals surface area contributed by atoms with Gasteiger partial charge in [-0.2, -0.15) is 0 Å². The quantitative estimate of drug-likeness (QED) is 0.123. The number of hydrogen-bond donors (Lipinski definition) is 0. The second-order valence-corrected chi connectivity index (χ2v) is 34.8. The van der Waals surface area contributed by atoms with Gasteiger partial charge < -0.3 is 17.4 Å². The number of hydrogen-bond acceptors (Lipinski definition) is 4. The van der Waals surface area contributed by atoms with Crippen LogP contribution in [0.5, 0.6) is 0 Å². The van der Waals surface area contributed by atoms with Gasteiger partial charge in [0.05, 0.1) is 6.67 Å². The summed E-state index contributed by atoms with van der Waals surface area (Å²) < 4.78 is 36.0. The first kappa shape index (κ1) is 32.9. The van der Waals surface area contributed by atoms with Crippen LogP contribution < -0.4 is 0 Å². The highest BCUT2D eigenvalue weighted by atomic mass is 28.4. The number of unbranched alkanes of at least 4 members (excludes halogenated alkanes) is 1. The fourth-order valence-corrected chi connectivity index (χ4v) is 26.5. The molecule has 10 heteroatoms. The lowest BCUT2D eigenvalue weighted by Gasteiger charge is -2.36. The molecule has 0 aliphatic carbocycles. The van der Waals surface area contributed by atoms with Crippen LogP contribution in [-0.2, 0) is 17.4 Å². The molecular formula is C22H55FO4Si5. The molecule has 0 aliphatic heterocycles. The maximum atomic E-state index is 12.5. The second kappa shape index (κ2) is 14.4. The van der Waals surface area contributed by atoms with Gasteiger partial charge >= 0.3 is 8.80 Å². The van der Waals surface area contributed by atoms with Crippen LogP contribution in [0.2, 0.25) is 94.7 Å². The van der Waals surface area contributed by atoms with Crippen LogP contribution in [0.15, 0.2) is 0 Å². The Balaban J connectivity index is 4.57. The predicted octanol–water partition coefficient (Wildman–Crippen LogP) is 7.85. The van der Waals surface area contributed by atoms with Crippen molar-refractivity contribution in [2.24, 2.45) is 0 Å². The van der Waals surface area contributed by atoms with Crippen molar-refractivity contribution in [3.05, 3.63) is 0 Å². The lowest BCUT2D eigenvalue weighted by Crippen LogP contribution is -2.45. The van der Waals surface area contributed by atoms with Gasteiger partial charge in [-0.1, -0.05) is 63.2 Å². The molecule has 0 aromatic heterocycles. The molecule has 194 valence electrons. The zero-order valence-corrected chi connectivity index (χ0v) is 28.3. The summed E-state index contributed by atoms with van der Waals surface area (Å²) in [6, 6.07) is 8.80. The molecule has 0 heterocycles. The largest absolute Gasteiger partial charge is 0.500 e. The summed E-state index contributed by atoms with van der Waals surface area (Å²) >= 11 is 0. The van der Waals surface area contributed by atoms with Crippen molar-refractivity contribution in [2.45, 2.75) is 114 Å². The summed E-state index contributed by atoms with van der Waals surface area (Å²) in [4.78, 5) is 0. The Labute approximate surface area is 205 Å². The normalized spacial score (nSPS) is 14.2. The Hall–Kier alpha value is 0.854. The monoisotopic (exact) mass is 542 g/mol. The standard InChI is InChI=1S/C22H55FO4Si5/c1-24-32(25-2,26-3)18-14-16-28(4,5)19-20-29(6,7)21-22-31(10,11)27-30(8,9)17-13-12-15-23/h12-22H2,1-11H3. The van der Waals surface area contributed by atoms with E-state index in [-0.39, 0.29) is 6.67 Å². The maximum Gasteiger partial charge on any atom is 0.500 e. The van der Waals surface area contributed by atoms with Crippen LogP contribution in [0.1, 0.15) is 19.3 Å². The Morgan fingerprint density at radius 1 is 0.500 bits per heavy atom. The third-order valence-corrected chi connectivity index (χ3v) is 24.6. The molecule has 0 radical (unpaired) electrons. The van der Waals surface area contributed by atoms with Gasteiger partial charge in [0.1, 0.15) is 0 Å². The SMILES string of the molecule is CO[Si](CCC[Si](C)(C)CC[Si](C)(C)CC[Si](C)(C)O[Si](C)(C)CCCCF)(OC)OC. The van der Waals surface area contributed by atoms with Crippen LogP contribution in [0.25, 0.3) is 0 Å². The number of rotatable bonds is 19. The lowest BCUT2D eigenvalue weighted by atomic mass is 10.4. The van der Waals surface area contributed by atoms with E-state index in [0.29, 0.717) is 6.42 Å². The van der Waals surface area contributed by atoms with Crippen LogP contribution in [0.4, 0.5) is 4.39 Å². The van der Waals surface area contributed by atoms with Gasteiger partial charge in [-0.25, -0.2) is 0 Å². The van der Waals surface area contributed by atoms with Gasteiger partial charge in [-0.05, 0) is 44.7 Å². The summed E-state index contributed by atoms with van der Waals surface area (Å²) in [5, 5.41) is 0. The molecule has 0 aliphatic rings. The molecular weight excluding hydrogens is 488 g/mol. The predicted molar refractivity (Wildman–Crippen MR) is 151 cm³/mol. The van der Waals surface area contributed by atoms with Gasteiger partial charge in [-0.3, -0.25) is 4.39 Å². The summed E-state index contributed by atoms with van der Waals surface area (Å²) in [5.41, 5.74) is 0. The van der Waals surface area contributed by atoms with Crippen molar-refractivity contribution >= 4 is 41.6 Å². The van der Waals surface area contributed by atoms with E-state index in [9.17, 15) is 4.39 Å². The van der Waals surface area contributed by atoms with Crippen molar-refractivity contribution in [1.82, 2.24) is 0 Å². The smallest absolute Gasteiger partial charge is 0.456 e. The zero-order chi connectivity index (χ0) is 25.1. The maximum absolute atomic E-state index is 12.5. The van der Waals surface area contributed by atoms with E-state index >= 15 is 0 Å². The molecule has 0 amide bonds. The van der Waals surface area contributed by atoms with E-state index in [1.807, 2.05) is 0 Å². The van der Waals surface area contributed by atoms with E-state index in [4.69, 9.17) is 17.4 Å². The number of alkyl halides is 1. The van der Waals surface area contributed by atoms with Gasteiger partial charge in [0.25, 0.3) is 0 Å². The Bertz CT molecular complexity index is 506. The Kier molecular flexibility index (Phi) is 14.8. The first-order valence-electron chi connectivity index (χ1n) is 12.5. The molecule has 0 atom stereocenters. The highest BCUT2D eigenvalue weighted by Gasteiger charge is 2.38. The van der Waals surface area contributed by atoms with Gasteiger partial charge in [0, 0.05) is 43.5 Å². The first-order valence-corrected chi connectivity index (χ1v) is 27.5. The fourth-order valence-electron chi connectivity index (χ4n) is 4.40. The van der Waals surface area contributed by atoms with Crippen molar-refractivity contribution in [1.29, 1.82) is 0 Å². The van der Waals surface area contributed by atoms with Gasteiger partial charge in [0.2, 0.25) is 0 Å². The van der Waals surface area contributed by atoms with Crippen LogP contribution in [0, 0.1) is 0 Å². The molecule has 0 unspecified atom stereocenters. The zero-order valence-electron chi connectivity index (χ0n) is 23.3. The summed E-state index contributed by atoms with van der Waals surface area (Å²) in [6.07, 6.45) is 2.80. The topological polar surface area (TPSA) is 36.9 Å². The van der Waals surface area contributed by atoms with Crippen molar-refractivity contribution < 1.29 is 21.8 Å². The van der Waals surface area contributed by atoms with Gasteiger partial charge in [-0.15, -0.1) is 0 Å². The van der Waals surface area contributed by atoms with Crippen molar-refractivity contribution in [3.8, 4) is 0 Å². The second-order valence-electron chi connectivity index (χ2n) is 12.2. The molecule has 0 rings (SSSR count). The molecule has 0 saturated heterocycles. The minimum Gasteiger partial charge on any atom is -0.456 e. The van der Waals surface area contributed by atoms with Crippen molar-refractivity contribution in [3.63, 3.8) is 0 Å². The highest BCUT2D eigenvalue weighted by molar-refractivity contribution is 6.87. The van der Waals surface area contributed by atoms with Gasteiger partial charge in [0.15, 0.2) is 16.6 Å². The Morgan fingerprint density at radius 2 is 0.938 bits per heavy atom. The van der Waals surface area contributed by atoms with Crippen molar-refractivity contribution in [2.75, 3.05) is 28.0 Å². The van der Waals surface area contributed by atoms with E-state index < -0.39 is 41.6 Å². The summed E-state index contributed by atoms with van der Waals surface area (Å²) in [7, 11) is -3.12. The minimum absolute atomic E-state index is 0.196. The molecule has 0 fully saturated rings. The van der Waals surface area contributed by atoms with E-state index in [0.717, 1.165) is 24.9 Å². The summed E-state index contributed by atoms with van der Waals surface area (Å²) in [5.74, 6) is 0. The first-order chi connectivity index (χ1) is 14.6. The molecule has 0 aromatic carbocycles. The molecule has 32 heavy (non-hydrogen) atoms. The fraction of sp³-hybridized carbons (Fsp3) is 1.00. The van der Waals surface area contributed by atoms with E-state index in [1.165, 1.54) is 30.2 Å². The van der Waals surface area contributed by atoms with E-state index in [1.54, 1.807) is 21.3 Å². The average Bonchev–Trinajstić information content (AvgIpc) is 2.68. The molecule has 0 N–H and O–H groups in total. The van der Waals surface area contributed by atoms with E-state index in [2.05, 4.69) is 52.4 Å². The van der Waals surface area contributed by atoms with Crippen LogP contribution >= 0.6 is 0 Å². The Morgan fingerprint density at radius 3 is 1.41 bits per heavy atom. The summed E-state index contributed by atoms with van der Waals surface area (Å²) in [6.45, 7) is 19.5.